The molecule has 0 aromatic heterocycles. The van der Waals surface area contributed by atoms with Gasteiger partial charge in [0.2, 0.25) is 0 Å². The smallest absolute Gasteiger partial charge is 0.303 e. The van der Waals surface area contributed by atoms with Crippen LogP contribution in [0.3, 0.4) is 0 Å². The molecule has 4 heteroatoms. The predicted molar refractivity (Wildman–Crippen MR) is 64.9 cm³/mol. The molecule has 2 N–H and O–H groups in total. The lowest BCUT2D eigenvalue weighted by Crippen LogP contribution is -2.49. The first-order valence-electron chi connectivity index (χ1n) is 6.84. The molecule has 1 heterocycles. The Balaban J connectivity index is 1.93. The van der Waals surface area contributed by atoms with Gasteiger partial charge in [0, 0.05) is 18.5 Å². The Morgan fingerprint density at radius 1 is 1.18 bits per heavy atom. The second-order valence-electron chi connectivity index (χ2n) is 5.39. The standard InChI is InChI=1S/C13H23NO3/c15-12-6-3-5-11(12)14-9-2-1-4-10(14)7-8-13(16)17/h10-12,15H,1-9H2,(H,16,17). The van der Waals surface area contributed by atoms with Crippen LogP contribution in [0, 0.1) is 0 Å². The summed E-state index contributed by atoms with van der Waals surface area (Å²) in [6, 6.07) is 0.659. The zero-order valence-corrected chi connectivity index (χ0v) is 10.3. The molecule has 3 atom stereocenters. The molecule has 2 aliphatic rings. The quantitative estimate of drug-likeness (QED) is 0.785. The number of carbonyl (C=O) groups is 1. The fourth-order valence-electron chi connectivity index (χ4n) is 3.37. The number of piperidine rings is 1. The van der Waals surface area contributed by atoms with E-state index in [4.69, 9.17) is 5.11 Å². The van der Waals surface area contributed by atoms with E-state index in [0.29, 0.717) is 6.04 Å². The van der Waals surface area contributed by atoms with Gasteiger partial charge in [-0.3, -0.25) is 9.69 Å². The van der Waals surface area contributed by atoms with Crippen molar-refractivity contribution in [2.75, 3.05) is 6.54 Å². The number of aliphatic hydroxyl groups is 1. The summed E-state index contributed by atoms with van der Waals surface area (Å²) in [5, 5.41) is 18.8. The first kappa shape index (κ1) is 12.8. The largest absolute Gasteiger partial charge is 0.481 e. The van der Waals surface area contributed by atoms with Crippen LogP contribution in [0.2, 0.25) is 0 Å². The van der Waals surface area contributed by atoms with Gasteiger partial charge in [0.1, 0.15) is 0 Å². The molecule has 17 heavy (non-hydrogen) atoms. The molecule has 0 radical (unpaired) electrons. The monoisotopic (exact) mass is 241 g/mol. The van der Waals surface area contributed by atoms with Crippen LogP contribution in [0.25, 0.3) is 0 Å². The molecule has 2 rings (SSSR count). The van der Waals surface area contributed by atoms with Gasteiger partial charge >= 0.3 is 5.97 Å². The van der Waals surface area contributed by atoms with E-state index < -0.39 is 5.97 Å². The van der Waals surface area contributed by atoms with Gasteiger partial charge in [-0.25, -0.2) is 0 Å². The highest BCUT2D eigenvalue weighted by atomic mass is 16.4. The molecule has 0 spiro atoms. The van der Waals surface area contributed by atoms with Crippen LogP contribution in [0.15, 0.2) is 0 Å². The lowest BCUT2D eigenvalue weighted by molar-refractivity contribution is -0.137. The van der Waals surface area contributed by atoms with Crippen molar-refractivity contribution in [3.63, 3.8) is 0 Å². The normalized spacial score (nSPS) is 35.0. The molecule has 1 saturated heterocycles. The Hall–Kier alpha value is -0.610. The van der Waals surface area contributed by atoms with Crippen molar-refractivity contribution in [1.82, 2.24) is 4.90 Å². The van der Waals surface area contributed by atoms with E-state index in [1.165, 1.54) is 12.8 Å². The number of hydrogen-bond acceptors (Lipinski definition) is 3. The minimum atomic E-state index is -0.706. The lowest BCUT2D eigenvalue weighted by atomic mass is 9.95. The van der Waals surface area contributed by atoms with E-state index in [-0.39, 0.29) is 18.6 Å². The highest BCUT2D eigenvalue weighted by Crippen LogP contribution is 2.31. The van der Waals surface area contributed by atoms with Gasteiger partial charge in [-0.05, 0) is 45.1 Å². The summed E-state index contributed by atoms with van der Waals surface area (Å²) in [6.07, 6.45) is 7.36. The highest BCUT2D eigenvalue weighted by Gasteiger charge is 2.35. The number of aliphatic hydroxyl groups excluding tert-OH is 1. The molecule has 98 valence electrons. The molecule has 0 amide bonds. The average molecular weight is 241 g/mol. The Morgan fingerprint density at radius 3 is 2.65 bits per heavy atom. The first-order valence-corrected chi connectivity index (χ1v) is 6.84. The Bertz CT molecular complexity index is 269. The number of rotatable bonds is 4. The number of nitrogens with zero attached hydrogens (tertiary/aromatic N) is 1. The fraction of sp³-hybridized carbons (Fsp3) is 0.923. The number of aliphatic carboxylic acids is 1. The topological polar surface area (TPSA) is 60.8 Å². The minimum absolute atomic E-state index is 0.194. The summed E-state index contributed by atoms with van der Waals surface area (Å²) in [6.45, 7) is 1.03. The van der Waals surface area contributed by atoms with Crippen molar-refractivity contribution in [2.24, 2.45) is 0 Å². The van der Waals surface area contributed by atoms with Crippen molar-refractivity contribution >= 4 is 5.97 Å². The van der Waals surface area contributed by atoms with Crippen molar-refractivity contribution in [1.29, 1.82) is 0 Å². The summed E-state index contributed by atoms with van der Waals surface area (Å²) < 4.78 is 0. The van der Waals surface area contributed by atoms with E-state index >= 15 is 0 Å². The Labute approximate surface area is 103 Å². The summed E-state index contributed by atoms with van der Waals surface area (Å²) in [4.78, 5) is 13.1. The fourth-order valence-corrected chi connectivity index (χ4v) is 3.37. The molecule has 1 aliphatic carbocycles. The maximum absolute atomic E-state index is 10.7. The van der Waals surface area contributed by atoms with Gasteiger partial charge in [0.05, 0.1) is 6.10 Å². The van der Waals surface area contributed by atoms with Crippen LogP contribution in [0.4, 0.5) is 0 Å². The van der Waals surface area contributed by atoms with Gasteiger partial charge in [-0.1, -0.05) is 6.42 Å². The third-order valence-electron chi connectivity index (χ3n) is 4.23. The van der Waals surface area contributed by atoms with Crippen molar-refractivity contribution in [3.8, 4) is 0 Å². The zero-order chi connectivity index (χ0) is 12.3. The summed E-state index contributed by atoms with van der Waals surface area (Å²) >= 11 is 0. The van der Waals surface area contributed by atoms with Crippen molar-refractivity contribution in [3.05, 3.63) is 0 Å². The van der Waals surface area contributed by atoms with Crippen LogP contribution in [0.1, 0.15) is 51.4 Å². The number of carboxylic acids is 1. The second-order valence-corrected chi connectivity index (χ2v) is 5.39. The molecular formula is C13H23NO3. The third kappa shape index (κ3) is 3.19. The summed E-state index contributed by atoms with van der Waals surface area (Å²) in [5.74, 6) is -0.706. The molecule has 3 unspecified atom stereocenters. The van der Waals surface area contributed by atoms with Gasteiger partial charge < -0.3 is 10.2 Å². The van der Waals surface area contributed by atoms with Gasteiger partial charge in [-0.2, -0.15) is 0 Å². The lowest BCUT2D eigenvalue weighted by Gasteiger charge is -2.41. The first-order chi connectivity index (χ1) is 8.18. The van der Waals surface area contributed by atoms with Crippen LogP contribution < -0.4 is 0 Å². The molecule has 0 aromatic rings. The number of likely N-dealkylation sites (tertiary alicyclic amines) is 1. The van der Waals surface area contributed by atoms with Crippen LogP contribution in [0.5, 0.6) is 0 Å². The molecule has 0 aromatic carbocycles. The average Bonchev–Trinajstić information content (AvgIpc) is 2.73. The number of carboxylic acid groups (broad SMARTS) is 1. The minimum Gasteiger partial charge on any atom is -0.481 e. The van der Waals surface area contributed by atoms with Crippen LogP contribution >= 0.6 is 0 Å². The summed E-state index contributed by atoms with van der Waals surface area (Å²) in [7, 11) is 0. The summed E-state index contributed by atoms with van der Waals surface area (Å²) in [5.41, 5.74) is 0. The molecular weight excluding hydrogens is 218 g/mol. The Kier molecular flexibility index (Phi) is 4.40. The predicted octanol–water partition coefficient (Wildman–Crippen LogP) is 1.62. The molecule has 0 bridgehead atoms. The molecule has 1 aliphatic heterocycles. The molecule has 4 nitrogen and oxygen atoms in total. The van der Waals surface area contributed by atoms with E-state index in [2.05, 4.69) is 4.90 Å². The van der Waals surface area contributed by atoms with E-state index in [1.54, 1.807) is 0 Å². The molecule has 1 saturated carbocycles. The van der Waals surface area contributed by atoms with Crippen LogP contribution in [-0.4, -0.2) is 45.8 Å². The second kappa shape index (κ2) is 5.83. The number of hydrogen-bond donors (Lipinski definition) is 2. The van der Waals surface area contributed by atoms with E-state index in [0.717, 1.165) is 38.6 Å². The zero-order valence-electron chi connectivity index (χ0n) is 10.3. The van der Waals surface area contributed by atoms with Crippen LogP contribution in [-0.2, 0) is 4.79 Å². The van der Waals surface area contributed by atoms with E-state index in [9.17, 15) is 9.90 Å². The van der Waals surface area contributed by atoms with Crippen molar-refractivity contribution < 1.29 is 15.0 Å². The van der Waals surface area contributed by atoms with Gasteiger partial charge in [0.25, 0.3) is 0 Å². The maximum atomic E-state index is 10.7. The molecule has 2 fully saturated rings. The highest BCUT2D eigenvalue weighted by molar-refractivity contribution is 5.66. The van der Waals surface area contributed by atoms with E-state index in [1.807, 2.05) is 0 Å². The SMILES string of the molecule is O=C(O)CCC1CCCCN1C1CCCC1O. The van der Waals surface area contributed by atoms with Crippen molar-refractivity contribution in [2.45, 2.75) is 69.6 Å². The Morgan fingerprint density at radius 2 is 2.00 bits per heavy atom. The third-order valence-corrected chi connectivity index (χ3v) is 4.23. The maximum Gasteiger partial charge on any atom is 0.303 e. The van der Waals surface area contributed by atoms with Gasteiger partial charge in [-0.15, -0.1) is 0 Å². The van der Waals surface area contributed by atoms with Gasteiger partial charge in [0.15, 0.2) is 0 Å².